The van der Waals surface area contributed by atoms with Crippen LogP contribution in [-0.2, 0) is 0 Å². The first-order chi connectivity index (χ1) is 10.9. The van der Waals surface area contributed by atoms with Crippen molar-refractivity contribution in [3.63, 3.8) is 0 Å². The van der Waals surface area contributed by atoms with Crippen molar-refractivity contribution < 1.29 is 0 Å². The number of aromatic nitrogens is 2. The van der Waals surface area contributed by atoms with Gasteiger partial charge in [0.2, 0.25) is 0 Å². The van der Waals surface area contributed by atoms with Crippen molar-refractivity contribution in [1.29, 1.82) is 0 Å². The number of nitrogens with zero attached hydrogens (tertiary/aromatic N) is 2. The van der Waals surface area contributed by atoms with Gasteiger partial charge in [0.25, 0.3) is 0 Å². The van der Waals surface area contributed by atoms with Gasteiger partial charge in [-0.2, -0.15) is 0 Å². The summed E-state index contributed by atoms with van der Waals surface area (Å²) in [6.07, 6.45) is 15.6. The van der Waals surface area contributed by atoms with Gasteiger partial charge in [-0.3, -0.25) is 9.97 Å². The van der Waals surface area contributed by atoms with E-state index >= 15 is 0 Å². The van der Waals surface area contributed by atoms with E-state index < -0.39 is 0 Å². The van der Waals surface area contributed by atoms with E-state index in [1.807, 2.05) is 24.3 Å². The summed E-state index contributed by atoms with van der Waals surface area (Å²) >= 11 is 0. The molecule has 2 nitrogen and oxygen atoms in total. The molecule has 0 spiro atoms. The average molecular weight is 284 g/mol. The molecular weight excluding hydrogens is 268 g/mol. The standard InChI is InChI=1S/C20H16N2/c1-2-18(6-8-20-11-15-22-16-12-20)4-3-17(1)5-7-19-9-13-21-14-10-19/h1-16H/b7-5+,8-6?. The van der Waals surface area contributed by atoms with Crippen LogP contribution < -0.4 is 0 Å². The Hall–Kier alpha value is -3.00. The summed E-state index contributed by atoms with van der Waals surface area (Å²) in [6, 6.07) is 16.4. The second kappa shape index (κ2) is 7.14. The molecule has 22 heavy (non-hydrogen) atoms. The molecule has 0 saturated heterocycles. The highest BCUT2D eigenvalue weighted by Gasteiger charge is 1.90. The van der Waals surface area contributed by atoms with E-state index in [1.165, 1.54) is 11.1 Å². The molecule has 0 unspecified atom stereocenters. The van der Waals surface area contributed by atoms with Gasteiger partial charge in [0.05, 0.1) is 0 Å². The maximum atomic E-state index is 4.01. The Morgan fingerprint density at radius 3 is 1.00 bits per heavy atom. The number of hydrogen-bond donors (Lipinski definition) is 0. The molecule has 1 aromatic carbocycles. The number of benzene rings is 1. The topological polar surface area (TPSA) is 25.8 Å². The first-order valence-electron chi connectivity index (χ1n) is 7.16. The van der Waals surface area contributed by atoms with E-state index in [1.54, 1.807) is 24.8 Å². The van der Waals surface area contributed by atoms with Gasteiger partial charge >= 0.3 is 0 Å². The van der Waals surface area contributed by atoms with Crippen molar-refractivity contribution in [3.8, 4) is 0 Å². The Kier molecular flexibility index (Phi) is 4.53. The van der Waals surface area contributed by atoms with Gasteiger partial charge in [-0.1, -0.05) is 48.6 Å². The van der Waals surface area contributed by atoms with E-state index in [2.05, 4.69) is 58.5 Å². The van der Waals surface area contributed by atoms with Crippen molar-refractivity contribution in [3.05, 3.63) is 95.6 Å². The Labute approximate surface area is 130 Å². The zero-order chi connectivity index (χ0) is 15.0. The van der Waals surface area contributed by atoms with E-state index in [-0.39, 0.29) is 0 Å². The largest absolute Gasteiger partial charge is 0.265 e. The number of pyridine rings is 2. The second-order valence-electron chi connectivity index (χ2n) is 4.89. The van der Waals surface area contributed by atoms with E-state index in [0.717, 1.165) is 11.1 Å². The van der Waals surface area contributed by atoms with Crippen molar-refractivity contribution in [2.24, 2.45) is 0 Å². The van der Waals surface area contributed by atoms with Gasteiger partial charge in [-0.25, -0.2) is 0 Å². The SMILES string of the molecule is C(=Cc1ccc(/C=C/c2ccncc2)cc1)c1ccncc1. The first-order valence-corrected chi connectivity index (χ1v) is 7.16. The maximum Gasteiger partial charge on any atom is 0.0273 e. The summed E-state index contributed by atoms with van der Waals surface area (Å²) in [6.45, 7) is 0. The van der Waals surface area contributed by atoms with Gasteiger partial charge in [0, 0.05) is 24.8 Å². The zero-order valence-electron chi connectivity index (χ0n) is 12.1. The van der Waals surface area contributed by atoms with E-state index in [4.69, 9.17) is 0 Å². The minimum atomic E-state index is 1.15. The van der Waals surface area contributed by atoms with Crippen LogP contribution in [0, 0.1) is 0 Å². The van der Waals surface area contributed by atoms with Crippen LogP contribution in [0.4, 0.5) is 0 Å². The fourth-order valence-corrected chi connectivity index (χ4v) is 2.05. The molecule has 0 fully saturated rings. The molecule has 0 bridgehead atoms. The van der Waals surface area contributed by atoms with Crippen LogP contribution in [-0.4, -0.2) is 9.97 Å². The summed E-state index contributed by atoms with van der Waals surface area (Å²) in [5, 5.41) is 0. The molecule has 106 valence electrons. The predicted molar refractivity (Wildman–Crippen MR) is 92.8 cm³/mol. The molecule has 3 rings (SSSR count). The summed E-state index contributed by atoms with van der Waals surface area (Å²) in [5.41, 5.74) is 4.66. The predicted octanol–water partition coefficient (Wildman–Crippen LogP) is 4.82. The van der Waals surface area contributed by atoms with Crippen LogP contribution >= 0.6 is 0 Å². The minimum Gasteiger partial charge on any atom is -0.265 e. The lowest BCUT2D eigenvalue weighted by molar-refractivity contribution is 1.32. The molecule has 0 aliphatic heterocycles. The molecule has 0 aliphatic carbocycles. The Bertz CT molecular complexity index is 689. The van der Waals surface area contributed by atoms with Gasteiger partial charge in [-0.15, -0.1) is 0 Å². The fraction of sp³-hybridized carbons (Fsp3) is 0. The average Bonchev–Trinajstić information content (AvgIpc) is 2.61. The molecule has 0 N–H and O–H groups in total. The fourth-order valence-electron chi connectivity index (χ4n) is 2.05. The minimum absolute atomic E-state index is 1.15. The number of hydrogen-bond acceptors (Lipinski definition) is 2. The van der Waals surface area contributed by atoms with Crippen molar-refractivity contribution in [2.75, 3.05) is 0 Å². The summed E-state index contributed by atoms with van der Waals surface area (Å²) < 4.78 is 0. The van der Waals surface area contributed by atoms with Gasteiger partial charge < -0.3 is 0 Å². The molecule has 0 saturated carbocycles. The molecular formula is C20H16N2. The lowest BCUT2D eigenvalue weighted by Crippen LogP contribution is -1.76. The summed E-state index contributed by atoms with van der Waals surface area (Å²) in [7, 11) is 0. The smallest absolute Gasteiger partial charge is 0.0273 e. The first kappa shape index (κ1) is 14.0. The molecule has 2 heterocycles. The second-order valence-corrected chi connectivity index (χ2v) is 4.89. The Morgan fingerprint density at radius 2 is 0.682 bits per heavy atom. The lowest BCUT2D eigenvalue weighted by atomic mass is 10.1. The number of rotatable bonds is 4. The van der Waals surface area contributed by atoms with Crippen molar-refractivity contribution in [2.45, 2.75) is 0 Å². The van der Waals surface area contributed by atoms with Crippen molar-refractivity contribution >= 4 is 24.3 Å². The van der Waals surface area contributed by atoms with Crippen molar-refractivity contribution in [1.82, 2.24) is 9.97 Å². The lowest BCUT2D eigenvalue weighted by Gasteiger charge is -1.97. The summed E-state index contributed by atoms with van der Waals surface area (Å²) in [4.78, 5) is 8.02. The highest BCUT2D eigenvalue weighted by molar-refractivity contribution is 5.72. The molecule has 0 amide bonds. The van der Waals surface area contributed by atoms with Crippen LogP contribution in [0.5, 0.6) is 0 Å². The molecule has 0 atom stereocenters. The third kappa shape index (κ3) is 4.00. The van der Waals surface area contributed by atoms with E-state index in [0.29, 0.717) is 0 Å². The van der Waals surface area contributed by atoms with Gasteiger partial charge in [-0.05, 0) is 46.5 Å². The normalized spacial score (nSPS) is 11.3. The molecule has 2 aromatic heterocycles. The monoisotopic (exact) mass is 284 g/mol. The van der Waals surface area contributed by atoms with Crippen LogP contribution in [0.25, 0.3) is 24.3 Å². The quantitative estimate of drug-likeness (QED) is 0.686. The molecule has 2 heteroatoms. The van der Waals surface area contributed by atoms with Crippen LogP contribution in [0.2, 0.25) is 0 Å². The highest BCUT2D eigenvalue weighted by Crippen LogP contribution is 2.12. The molecule has 0 radical (unpaired) electrons. The Balaban J connectivity index is 1.68. The molecule has 3 aromatic rings. The van der Waals surface area contributed by atoms with Gasteiger partial charge in [0.15, 0.2) is 0 Å². The van der Waals surface area contributed by atoms with Crippen LogP contribution in [0.3, 0.4) is 0 Å². The third-order valence-electron chi connectivity index (χ3n) is 3.29. The zero-order valence-corrected chi connectivity index (χ0v) is 12.1. The van der Waals surface area contributed by atoms with E-state index in [9.17, 15) is 0 Å². The maximum absolute atomic E-state index is 4.01. The third-order valence-corrected chi connectivity index (χ3v) is 3.29. The van der Waals surface area contributed by atoms with Crippen LogP contribution in [0.1, 0.15) is 22.3 Å². The molecule has 0 aliphatic rings. The van der Waals surface area contributed by atoms with Gasteiger partial charge in [0.1, 0.15) is 0 Å². The van der Waals surface area contributed by atoms with Crippen LogP contribution in [0.15, 0.2) is 73.3 Å². The summed E-state index contributed by atoms with van der Waals surface area (Å²) in [5.74, 6) is 0. The Morgan fingerprint density at radius 1 is 0.409 bits per heavy atom. The highest BCUT2D eigenvalue weighted by atomic mass is 14.6.